The number of aromatic amines is 1. The molecule has 0 aromatic carbocycles. The van der Waals surface area contributed by atoms with Gasteiger partial charge in [0.05, 0.1) is 17.3 Å². The zero-order valence-electron chi connectivity index (χ0n) is 16.5. The summed E-state index contributed by atoms with van der Waals surface area (Å²) in [4.78, 5) is 19.6. The van der Waals surface area contributed by atoms with Crippen LogP contribution in [0, 0.1) is 11.8 Å². The second kappa shape index (κ2) is 6.76. The molecule has 28 heavy (non-hydrogen) atoms. The molecular weight excluding hydrogens is 350 g/mol. The van der Waals surface area contributed by atoms with Crippen LogP contribution in [0.1, 0.15) is 50.8 Å². The van der Waals surface area contributed by atoms with E-state index in [9.17, 15) is 4.79 Å². The maximum Gasteiger partial charge on any atom is 0.250 e. The molecular formula is C22H27N5O. The van der Waals surface area contributed by atoms with Crippen molar-refractivity contribution < 1.29 is 0 Å². The van der Waals surface area contributed by atoms with Crippen molar-refractivity contribution in [3.05, 3.63) is 52.7 Å². The number of hydrogen-bond donors (Lipinski definition) is 1. The number of fused-ring (bicyclic) bond motifs is 5. The lowest BCUT2D eigenvalue weighted by molar-refractivity contribution is 0.195. The minimum absolute atomic E-state index is 0.163. The molecule has 0 unspecified atom stereocenters. The lowest BCUT2D eigenvalue weighted by Gasteiger charge is -2.48. The van der Waals surface area contributed by atoms with Crippen molar-refractivity contribution in [2.45, 2.75) is 45.1 Å². The Morgan fingerprint density at radius 3 is 3.00 bits per heavy atom. The molecule has 5 heterocycles. The number of hydrogen-bond acceptors (Lipinski definition) is 4. The zero-order valence-corrected chi connectivity index (χ0v) is 16.5. The van der Waals surface area contributed by atoms with E-state index in [0.29, 0.717) is 17.8 Å². The van der Waals surface area contributed by atoms with Crippen LogP contribution in [-0.4, -0.2) is 32.8 Å². The molecule has 5 rings (SSSR count). The summed E-state index contributed by atoms with van der Waals surface area (Å²) in [5.74, 6) is 1.52. The van der Waals surface area contributed by atoms with E-state index >= 15 is 0 Å². The molecule has 1 N–H and O–H groups in total. The molecule has 2 aliphatic heterocycles. The fourth-order valence-electron chi connectivity index (χ4n) is 5.23. The van der Waals surface area contributed by atoms with Crippen molar-refractivity contribution >= 4 is 16.7 Å². The minimum atomic E-state index is 0.163. The van der Waals surface area contributed by atoms with E-state index in [1.165, 1.54) is 17.8 Å². The van der Waals surface area contributed by atoms with E-state index < -0.39 is 0 Å². The Morgan fingerprint density at radius 1 is 1.25 bits per heavy atom. The average molecular weight is 377 g/mol. The summed E-state index contributed by atoms with van der Waals surface area (Å²) >= 11 is 0. The molecule has 6 nitrogen and oxygen atoms in total. The normalized spacial score (nSPS) is 24.0. The van der Waals surface area contributed by atoms with Gasteiger partial charge in [-0.1, -0.05) is 19.9 Å². The van der Waals surface area contributed by atoms with Crippen LogP contribution < -0.4 is 10.5 Å². The van der Waals surface area contributed by atoms with Gasteiger partial charge in [0.15, 0.2) is 5.65 Å². The minimum Gasteiger partial charge on any atom is -0.370 e. The number of nitrogens with zero attached hydrogens (tertiary/aromatic N) is 4. The van der Waals surface area contributed by atoms with Crippen molar-refractivity contribution in [3.8, 4) is 0 Å². The second-order valence-electron chi connectivity index (χ2n) is 8.76. The Bertz CT molecular complexity index is 1050. The lowest BCUT2D eigenvalue weighted by Crippen LogP contribution is -2.49. The van der Waals surface area contributed by atoms with E-state index in [1.807, 2.05) is 18.5 Å². The molecule has 3 aromatic heterocycles. The summed E-state index contributed by atoms with van der Waals surface area (Å²) in [6, 6.07) is 8.19. The van der Waals surface area contributed by atoms with E-state index in [0.717, 1.165) is 37.0 Å². The van der Waals surface area contributed by atoms with E-state index in [1.54, 1.807) is 6.07 Å². The number of rotatable bonds is 4. The van der Waals surface area contributed by atoms with Crippen molar-refractivity contribution in [2.24, 2.45) is 11.8 Å². The number of H-pyrrole nitrogens is 1. The zero-order chi connectivity index (χ0) is 19.3. The van der Waals surface area contributed by atoms with Gasteiger partial charge in [-0.3, -0.25) is 9.89 Å². The summed E-state index contributed by atoms with van der Waals surface area (Å²) < 4.78 is 2.12. The highest BCUT2D eigenvalue weighted by molar-refractivity contribution is 5.88. The first-order valence-electron chi connectivity index (χ1n) is 10.4. The monoisotopic (exact) mass is 377 g/mol. The number of aromatic nitrogens is 4. The average Bonchev–Trinajstić information content (AvgIpc) is 3.17. The van der Waals surface area contributed by atoms with Crippen molar-refractivity contribution in [1.29, 1.82) is 0 Å². The van der Waals surface area contributed by atoms with Gasteiger partial charge >= 0.3 is 0 Å². The first-order chi connectivity index (χ1) is 13.6. The third kappa shape index (κ3) is 2.82. The van der Waals surface area contributed by atoms with Gasteiger partial charge in [-0.05, 0) is 43.2 Å². The Labute approximate surface area is 164 Å². The van der Waals surface area contributed by atoms with E-state index in [4.69, 9.17) is 0 Å². The third-order valence-corrected chi connectivity index (χ3v) is 6.51. The fraction of sp³-hybridized carbons (Fsp3) is 0.500. The number of piperidine rings is 1. The maximum absolute atomic E-state index is 12.8. The van der Waals surface area contributed by atoms with Gasteiger partial charge in [0.1, 0.15) is 0 Å². The van der Waals surface area contributed by atoms with Crippen molar-refractivity contribution in [3.63, 3.8) is 0 Å². The van der Waals surface area contributed by atoms with Crippen LogP contribution in [0.2, 0.25) is 0 Å². The van der Waals surface area contributed by atoms with Gasteiger partial charge < -0.3 is 9.47 Å². The molecule has 2 aliphatic rings. The molecule has 0 aliphatic carbocycles. The number of pyridine rings is 2. The Morgan fingerprint density at radius 2 is 2.14 bits per heavy atom. The largest absolute Gasteiger partial charge is 0.370 e. The van der Waals surface area contributed by atoms with Gasteiger partial charge in [-0.25, -0.2) is 4.98 Å². The van der Waals surface area contributed by atoms with Crippen LogP contribution in [0.25, 0.3) is 11.0 Å². The quantitative estimate of drug-likeness (QED) is 0.752. The van der Waals surface area contributed by atoms with Gasteiger partial charge in [0.2, 0.25) is 0 Å². The molecule has 0 amide bonds. The number of nitrogens with one attached hydrogen (secondary N) is 1. The topological polar surface area (TPSA) is 66.8 Å². The third-order valence-electron chi connectivity index (χ3n) is 6.51. The summed E-state index contributed by atoms with van der Waals surface area (Å²) in [5.41, 5.74) is 3.40. The summed E-state index contributed by atoms with van der Waals surface area (Å²) in [6.07, 6.45) is 7.11. The highest BCUT2D eigenvalue weighted by Gasteiger charge is 2.40. The Kier molecular flexibility index (Phi) is 4.22. The van der Waals surface area contributed by atoms with Crippen LogP contribution in [0.5, 0.6) is 0 Å². The number of anilines is 1. The smallest absolute Gasteiger partial charge is 0.250 e. The predicted molar refractivity (Wildman–Crippen MR) is 111 cm³/mol. The molecule has 146 valence electrons. The van der Waals surface area contributed by atoms with E-state index in [-0.39, 0.29) is 11.6 Å². The second-order valence-corrected chi connectivity index (χ2v) is 8.76. The highest BCUT2D eigenvalue weighted by atomic mass is 16.1. The first kappa shape index (κ1) is 17.5. The Hall–Kier alpha value is -2.63. The first-order valence-corrected chi connectivity index (χ1v) is 10.4. The SMILES string of the molecule is CC(C)CC[C@H]1[C@H]2C[C@H](CN(c3ccnc4[nH]ncc34)C2)c2cccc(=O)n21. The van der Waals surface area contributed by atoms with Crippen LogP contribution in [-0.2, 0) is 0 Å². The summed E-state index contributed by atoms with van der Waals surface area (Å²) in [7, 11) is 0. The van der Waals surface area contributed by atoms with Gasteiger partial charge in [0.25, 0.3) is 5.56 Å². The lowest BCUT2D eigenvalue weighted by atomic mass is 9.76. The molecule has 0 spiro atoms. The molecule has 3 aromatic rings. The van der Waals surface area contributed by atoms with Crippen LogP contribution in [0.3, 0.4) is 0 Å². The molecule has 2 bridgehead atoms. The summed E-state index contributed by atoms with van der Waals surface area (Å²) in [6.45, 7) is 6.44. The molecule has 3 atom stereocenters. The van der Waals surface area contributed by atoms with Gasteiger partial charge in [-0.15, -0.1) is 0 Å². The highest BCUT2D eigenvalue weighted by Crippen LogP contribution is 2.44. The van der Waals surface area contributed by atoms with Gasteiger partial charge in [-0.2, -0.15) is 5.10 Å². The molecule has 0 saturated carbocycles. The van der Waals surface area contributed by atoms with E-state index in [2.05, 4.69) is 50.6 Å². The van der Waals surface area contributed by atoms with Crippen molar-refractivity contribution in [2.75, 3.05) is 18.0 Å². The van der Waals surface area contributed by atoms with Gasteiger partial charge in [0, 0.05) is 43.0 Å². The van der Waals surface area contributed by atoms with Crippen LogP contribution in [0.15, 0.2) is 41.5 Å². The van der Waals surface area contributed by atoms with Crippen LogP contribution in [0.4, 0.5) is 5.69 Å². The molecule has 0 radical (unpaired) electrons. The molecule has 6 heteroatoms. The predicted octanol–water partition coefficient (Wildman–Crippen LogP) is 3.72. The standard InChI is InChI=1S/C22H27N5O/c1-14(2)6-7-19-16-10-15(18-4-3-5-21(28)27(18)19)12-26(13-16)20-8-9-23-22-17(20)11-24-25-22/h3-5,8-9,11,14-16,19H,6-7,10,12-13H2,1-2H3,(H,23,24,25)/t15-,16+,19+/m1/s1. The maximum atomic E-state index is 12.8. The summed E-state index contributed by atoms with van der Waals surface area (Å²) in [5, 5.41) is 8.24. The molecule has 1 fully saturated rings. The Balaban J connectivity index is 1.55. The fourth-order valence-corrected chi connectivity index (χ4v) is 5.23. The van der Waals surface area contributed by atoms with Crippen molar-refractivity contribution in [1.82, 2.24) is 19.7 Å². The molecule has 1 saturated heterocycles. The van der Waals surface area contributed by atoms with Crippen LogP contribution >= 0.6 is 0 Å².